The van der Waals surface area contributed by atoms with E-state index in [2.05, 4.69) is 39.8 Å². The lowest BCUT2D eigenvalue weighted by Gasteiger charge is -2.29. The molecule has 0 radical (unpaired) electrons. The number of benzene rings is 1. The van der Waals surface area contributed by atoms with Crippen LogP contribution in [0.5, 0.6) is 0 Å². The summed E-state index contributed by atoms with van der Waals surface area (Å²) < 4.78 is 0. The van der Waals surface area contributed by atoms with Gasteiger partial charge in [-0.3, -0.25) is 9.69 Å². The first-order chi connectivity index (χ1) is 9.83. The number of piperazine rings is 1. The van der Waals surface area contributed by atoms with E-state index in [1.165, 1.54) is 11.1 Å². The lowest BCUT2D eigenvalue weighted by molar-refractivity contribution is -0.123. The van der Waals surface area contributed by atoms with Crippen molar-refractivity contribution >= 4 is 30.7 Å². The van der Waals surface area contributed by atoms with E-state index in [9.17, 15) is 4.79 Å². The van der Waals surface area contributed by atoms with Gasteiger partial charge in [-0.15, -0.1) is 24.8 Å². The number of hydrogen-bond donors (Lipinski definition) is 2. The molecular weight excluding hydrogens is 321 g/mol. The summed E-state index contributed by atoms with van der Waals surface area (Å²) in [6.07, 6.45) is 3.36. The van der Waals surface area contributed by atoms with Crippen molar-refractivity contribution in [3.63, 3.8) is 0 Å². The molecule has 4 nitrogen and oxygen atoms in total. The third kappa shape index (κ3) is 4.85. The van der Waals surface area contributed by atoms with Gasteiger partial charge in [-0.25, -0.2) is 0 Å². The van der Waals surface area contributed by atoms with Crippen molar-refractivity contribution in [2.45, 2.75) is 25.3 Å². The van der Waals surface area contributed by atoms with Crippen molar-refractivity contribution in [1.82, 2.24) is 15.5 Å². The third-order valence-electron chi connectivity index (χ3n) is 4.28. The number of hydrogen-bond acceptors (Lipinski definition) is 3. The fourth-order valence-corrected chi connectivity index (χ4v) is 3.22. The summed E-state index contributed by atoms with van der Waals surface area (Å²) in [4.78, 5) is 14.4. The number of aryl methyl sites for hydroxylation is 1. The molecule has 1 heterocycles. The Bertz CT molecular complexity index is 478. The van der Waals surface area contributed by atoms with Crippen LogP contribution in [0.4, 0.5) is 0 Å². The van der Waals surface area contributed by atoms with Gasteiger partial charge in [0.15, 0.2) is 0 Å². The van der Waals surface area contributed by atoms with Crippen molar-refractivity contribution in [3.05, 3.63) is 35.4 Å². The minimum Gasteiger partial charge on any atom is -0.348 e. The van der Waals surface area contributed by atoms with E-state index in [-0.39, 0.29) is 36.8 Å². The van der Waals surface area contributed by atoms with Gasteiger partial charge in [-0.05, 0) is 30.4 Å². The van der Waals surface area contributed by atoms with E-state index in [4.69, 9.17) is 0 Å². The molecule has 0 spiro atoms. The molecule has 1 fully saturated rings. The number of fused-ring (bicyclic) bond motifs is 1. The Morgan fingerprint density at radius 3 is 2.73 bits per heavy atom. The van der Waals surface area contributed by atoms with Gasteiger partial charge in [0, 0.05) is 26.2 Å². The van der Waals surface area contributed by atoms with Crippen LogP contribution in [0.25, 0.3) is 0 Å². The number of nitrogens with zero attached hydrogens (tertiary/aromatic N) is 1. The van der Waals surface area contributed by atoms with Gasteiger partial charge in [0.25, 0.3) is 0 Å². The molecule has 1 aliphatic carbocycles. The van der Waals surface area contributed by atoms with Crippen LogP contribution in [-0.4, -0.2) is 43.5 Å². The molecule has 0 saturated carbocycles. The van der Waals surface area contributed by atoms with Gasteiger partial charge < -0.3 is 10.6 Å². The fourth-order valence-electron chi connectivity index (χ4n) is 3.22. The number of carbonyl (C=O) groups excluding carboxylic acids is 1. The molecule has 2 aliphatic rings. The number of rotatable bonds is 3. The second-order valence-electron chi connectivity index (χ2n) is 5.74. The van der Waals surface area contributed by atoms with Crippen LogP contribution in [-0.2, 0) is 11.2 Å². The monoisotopic (exact) mass is 345 g/mol. The van der Waals surface area contributed by atoms with Crippen LogP contribution in [0.1, 0.15) is 30.0 Å². The van der Waals surface area contributed by atoms with Crippen molar-refractivity contribution in [2.24, 2.45) is 0 Å². The van der Waals surface area contributed by atoms with Crippen LogP contribution >= 0.6 is 24.8 Å². The molecule has 124 valence electrons. The number of nitrogens with one attached hydrogen (secondary N) is 2. The van der Waals surface area contributed by atoms with E-state index >= 15 is 0 Å². The van der Waals surface area contributed by atoms with Gasteiger partial charge in [0.1, 0.15) is 0 Å². The number of carbonyl (C=O) groups is 1. The Balaban J connectivity index is 0.00000121. The number of amides is 1. The van der Waals surface area contributed by atoms with Crippen LogP contribution in [0.3, 0.4) is 0 Å². The topological polar surface area (TPSA) is 44.4 Å². The lowest BCUT2D eigenvalue weighted by Crippen LogP contribution is -2.48. The van der Waals surface area contributed by atoms with Crippen LogP contribution in [0.15, 0.2) is 24.3 Å². The summed E-state index contributed by atoms with van der Waals surface area (Å²) in [6, 6.07) is 8.70. The molecule has 1 saturated heterocycles. The molecule has 1 atom stereocenters. The molecule has 3 rings (SSSR count). The van der Waals surface area contributed by atoms with E-state index in [0.717, 1.165) is 45.4 Å². The van der Waals surface area contributed by atoms with Crippen LogP contribution < -0.4 is 10.6 Å². The maximum atomic E-state index is 12.2. The highest BCUT2D eigenvalue weighted by Gasteiger charge is 2.22. The molecule has 0 aromatic heterocycles. The molecule has 1 unspecified atom stereocenters. The predicted molar refractivity (Wildman–Crippen MR) is 94.1 cm³/mol. The smallest absolute Gasteiger partial charge is 0.234 e. The molecule has 2 N–H and O–H groups in total. The molecule has 0 bridgehead atoms. The van der Waals surface area contributed by atoms with E-state index in [1.807, 2.05) is 0 Å². The average molecular weight is 346 g/mol. The molecule has 1 aromatic rings. The van der Waals surface area contributed by atoms with Crippen molar-refractivity contribution < 1.29 is 4.79 Å². The van der Waals surface area contributed by atoms with E-state index in [0.29, 0.717) is 6.54 Å². The van der Waals surface area contributed by atoms with Crippen molar-refractivity contribution in [1.29, 1.82) is 0 Å². The van der Waals surface area contributed by atoms with Gasteiger partial charge in [0.2, 0.25) is 5.91 Å². The highest BCUT2D eigenvalue weighted by atomic mass is 35.5. The zero-order valence-corrected chi connectivity index (χ0v) is 14.3. The quantitative estimate of drug-likeness (QED) is 0.879. The molecule has 1 amide bonds. The standard InChI is InChI=1S/C16H23N3O.2ClH/c20-16(12-19-10-8-17-9-11-19)18-15-7-3-5-13-4-1-2-6-14(13)15;;/h1-2,4,6,15,17H,3,5,7-12H2,(H,18,20);2*1H. The zero-order valence-electron chi connectivity index (χ0n) is 12.7. The Labute approximate surface area is 144 Å². The summed E-state index contributed by atoms with van der Waals surface area (Å²) in [6.45, 7) is 4.43. The largest absolute Gasteiger partial charge is 0.348 e. The summed E-state index contributed by atoms with van der Waals surface area (Å²) >= 11 is 0. The molecular formula is C16H25Cl2N3O. The third-order valence-corrected chi connectivity index (χ3v) is 4.28. The second kappa shape index (κ2) is 9.36. The minimum atomic E-state index is 0. The van der Waals surface area contributed by atoms with E-state index in [1.54, 1.807) is 0 Å². The summed E-state index contributed by atoms with van der Waals surface area (Å²) in [5, 5.41) is 6.53. The Kier molecular flexibility index (Phi) is 8.18. The average Bonchev–Trinajstić information content (AvgIpc) is 2.48. The maximum Gasteiger partial charge on any atom is 0.234 e. The zero-order chi connectivity index (χ0) is 13.8. The summed E-state index contributed by atoms with van der Waals surface area (Å²) in [5.41, 5.74) is 2.71. The normalized spacial score (nSPS) is 21.0. The molecule has 1 aromatic carbocycles. The number of halogens is 2. The lowest BCUT2D eigenvalue weighted by atomic mass is 9.88. The van der Waals surface area contributed by atoms with Crippen LogP contribution in [0, 0.1) is 0 Å². The fraction of sp³-hybridized carbons (Fsp3) is 0.562. The van der Waals surface area contributed by atoms with Crippen molar-refractivity contribution in [3.8, 4) is 0 Å². The Morgan fingerprint density at radius 2 is 1.95 bits per heavy atom. The second-order valence-corrected chi connectivity index (χ2v) is 5.74. The first-order valence-corrected chi connectivity index (χ1v) is 7.63. The van der Waals surface area contributed by atoms with Gasteiger partial charge in [0.05, 0.1) is 12.6 Å². The van der Waals surface area contributed by atoms with Crippen LogP contribution in [0.2, 0.25) is 0 Å². The van der Waals surface area contributed by atoms with Crippen molar-refractivity contribution in [2.75, 3.05) is 32.7 Å². The maximum absolute atomic E-state index is 12.2. The molecule has 1 aliphatic heterocycles. The SMILES string of the molecule is Cl.Cl.O=C(CN1CCNCC1)NC1CCCc2ccccc21. The highest BCUT2D eigenvalue weighted by molar-refractivity contribution is 5.85. The minimum absolute atomic E-state index is 0. The van der Waals surface area contributed by atoms with E-state index < -0.39 is 0 Å². The van der Waals surface area contributed by atoms with Gasteiger partial charge in [-0.1, -0.05) is 24.3 Å². The first kappa shape index (κ1) is 19.2. The summed E-state index contributed by atoms with van der Waals surface area (Å²) in [5.74, 6) is 0.161. The Hall–Kier alpha value is -0.810. The molecule has 6 heteroatoms. The predicted octanol–water partition coefficient (Wildman–Crippen LogP) is 1.93. The Morgan fingerprint density at radius 1 is 1.23 bits per heavy atom. The van der Waals surface area contributed by atoms with Gasteiger partial charge in [-0.2, -0.15) is 0 Å². The summed E-state index contributed by atoms with van der Waals surface area (Å²) in [7, 11) is 0. The highest BCUT2D eigenvalue weighted by Crippen LogP contribution is 2.29. The first-order valence-electron chi connectivity index (χ1n) is 7.63. The van der Waals surface area contributed by atoms with Gasteiger partial charge >= 0.3 is 0 Å². The molecule has 22 heavy (non-hydrogen) atoms.